The first-order chi connectivity index (χ1) is 9.96. The zero-order chi connectivity index (χ0) is 15.5. The lowest BCUT2D eigenvalue weighted by Crippen LogP contribution is -2.42. The third kappa shape index (κ3) is 3.65. The van der Waals surface area contributed by atoms with Crippen molar-refractivity contribution in [3.8, 4) is 0 Å². The fourth-order valence-corrected chi connectivity index (χ4v) is 4.65. The zero-order valence-corrected chi connectivity index (χ0v) is 14.0. The Balaban J connectivity index is 2.19. The van der Waals surface area contributed by atoms with E-state index in [1.807, 2.05) is 19.2 Å². The molecule has 1 aromatic rings. The van der Waals surface area contributed by atoms with Crippen LogP contribution in [-0.4, -0.2) is 32.9 Å². The van der Waals surface area contributed by atoms with Crippen molar-refractivity contribution in [3.63, 3.8) is 0 Å². The van der Waals surface area contributed by atoms with E-state index in [1.165, 1.54) is 6.42 Å². The molecule has 4 nitrogen and oxygen atoms in total. The van der Waals surface area contributed by atoms with Crippen molar-refractivity contribution in [2.45, 2.75) is 50.1 Å². The number of nitrogens with zero attached hydrogens (tertiary/aromatic N) is 1. The van der Waals surface area contributed by atoms with E-state index < -0.39 is 10.0 Å². The summed E-state index contributed by atoms with van der Waals surface area (Å²) < 4.78 is 27.1. The van der Waals surface area contributed by atoms with Gasteiger partial charge < -0.3 is 5.32 Å². The zero-order valence-electron chi connectivity index (χ0n) is 13.2. The van der Waals surface area contributed by atoms with Crippen LogP contribution in [0.3, 0.4) is 0 Å². The van der Waals surface area contributed by atoms with Crippen molar-refractivity contribution in [2.24, 2.45) is 5.92 Å². The summed E-state index contributed by atoms with van der Waals surface area (Å²) in [7, 11) is 0.213. The van der Waals surface area contributed by atoms with Crippen LogP contribution in [0.15, 0.2) is 29.2 Å². The van der Waals surface area contributed by atoms with Gasteiger partial charge in [-0.15, -0.1) is 0 Å². The molecule has 0 aromatic heterocycles. The maximum Gasteiger partial charge on any atom is 0.243 e. The van der Waals surface area contributed by atoms with Crippen LogP contribution in [0, 0.1) is 5.92 Å². The largest absolute Gasteiger partial charge is 0.316 e. The fourth-order valence-electron chi connectivity index (χ4n) is 3.16. The molecule has 0 radical (unpaired) electrons. The summed E-state index contributed by atoms with van der Waals surface area (Å²) in [6.07, 6.45) is 4.42. The van der Waals surface area contributed by atoms with Gasteiger partial charge in [-0.25, -0.2) is 8.42 Å². The van der Waals surface area contributed by atoms with Gasteiger partial charge in [0.25, 0.3) is 0 Å². The van der Waals surface area contributed by atoms with Gasteiger partial charge in [-0.05, 0) is 43.5 Å². The van der Waals surface area contributed by atoms with E-state index in [-0.39, 0.29) is 6.04 Å². The van der Waals surface area contributed by atoms with Crippen LogP contribution >= 0.6 is 0 Å². The summed E-state index contributed by atoms with van der Waals surface area (Å²) in [6, 6.07) is 7.31. The molecule has 0 spiro atoms. The fraction of sp³-hybridized carbons (Fsp3) is 0.625. The summed E-state index contributed by atoms with van der Waals surface area (Å²) in [6.45, 7) is 2.90. The minimum Gasteiger partial charge on any atom is -0.316 e. The highest BCUT2D eigenvalue weighted by molar-refractivity contribution is 7.89. The van der Waals surface area contributed by atoms with Crippen molar-refractivity contribution in [1.29, 1.82) is 0 Å². The Bertz CT molecular complexity index is 554. The molecule has 2 atom stereocenters. The molecule has 1 aliphatic rings. The average Bonchev–Trinajstić information content (AvgIpc) is 2.48. The summed E-state index contributed by atoms with van der Waals surface area (Å²) in [5.74, 6) is 0.432. The third-order valence-corrected chi connectivity index (χ3v) is 6.41. The number of rotatable bonds is 5. The van der Waals surface area contributed by atoms with Crippen LogP contribution in [0.1, 0.15) is 38.2 Å². The minimum absolute atomic E-state index is 0.126. The number of hydrogen-bond donors (Lipinski definition) is 1. The van der Waals surface area contributed by atoms with E-state index in [0.717, 1.165) is 31.4 Å². The van der Waals surface area contributed by atoms with Gasteiger partial charge >= 0.3 is 0 Å². The smallest absolute Gasteiger partial charge is 0.243 e. The van der Waals surface area contributed by atoms with Crippen LogP contribution < -0.4 is 5.32 Å². The second kappa shape index (κ2) is 6.90. The number of nitrogens with one attached hydrogen (secondary N) is 1. The predicted molar refractivity (Wildman–Crippen MR) is 85.6 cm³/mol. The Morgan fingerprint density at radius 3 is 2.38 bits per heavy atom. The molecule has 1 aliphatic carbocycles. The Morgan fingerprint density at radius 2 is 1.81 bits per heavy atom. The maximum absolute atomic E-state index is 12.8. The molecule has 2 rings (SSSR count). The van der Waals surface area contributed by atoms with Gasteiger partial charge in [0, 0.05) is 19.6 Å². The lowest BCUT2D eigenvalue weighted by Gasteiger charge is -2.35. The highest BCUT2D eigenvalue weighted by Crippen LogP contribution is 2.30. The van der Waals surface area contributed by atoms with Gasteiger partial charge in [-0.2, -0.15) is 4.31 Å². The Kier molecular flexibility index (Phi) is 5.41. The molecule has 0 saturated heterocycles. The van der Waals surface area contributed by atoms with Crippen molar-refractivity contribution >= 4 is 10.0 Å². The van der Waals surface area contributed by atoms with Gasteiger partial charge in [-0.1, -0.05) is 31.9 Å². The average molecular weight is 310 g/mol. The topological polar surface area (TPSA) is 49.4 Å². The first-order valence-electron chi connectivity index (χ1n) is 7.68. The van der Waals surface area contributed by atoms with E-state index >= 15 is 0 Å². The molecule has 2 unspecified atom stereocenters. The monoisotopic (exact) mass is 310 g/mol. The molecule has 0 heterocycles. The number of benzene rings is 1. The van der Waals surface area contributed by atoms with Gasteiger partial charge in [0.15, 0.2) is 0 Å². The maximum atomic E-state index is 12.8. The van der Waals surface area contributed by atoms with E-state index in [9.17, 15) is 8.42 Å². The Hall–Kier alpha value is -0.910. The predicted octanol–water partition coefficient (Wildman–Crippen LogP) is 2.61. The lowest BCUT2D eigenvalue weighted by atomic mass is 9.86. The van der Waals surface area contributed by atoms with Crippen molar-refractivity contribution < 1.29 is 8.42 Å². The molecule has 0 bridgehead atoms. The molecule has 1 N–H and O–H groups in total. The second-order valence-corrected chi connectivity index (χ2v) is 8.02. The molecular weight excluding hydrogens is 284 g/mol. The SMILES string of the molecule is CNCc1ccc(S(=O)(=O)N(C)C2CCCCC2C)cc1. The Labute approximate surface area is 128 Å². The molecule has 118 valence electrons. The molecule has 1 fully saturated rings. The van der Waals surface area contributed by atoms with Crippen LogP contribution in [0.2, 0.25) is 0 Å². The first-order valence-corrected chi connectivity index (χ1v) is 9.12. The molecular formula is C16H26N2O2S. The number of hydrogen-bond acceptors (Lipinski definition) is 3. The summed E-state index contributed by atoms with van der Waals surface area (Å²) in [5, 5.41) is 3.06. The minimum atomic E-state index is -3.39. The highest BCUT2D eigenvalue weighted by atomic mass is 32.2. The molecule has 1 saturated carbocycles. The van der Waals surface area contributed by atoms with Crippen LogP contribution in [0.4, 0.5) is 0 Å². The van der Waals surface area contributed by atoms with E-state index in [4.69, 9.17) is 0 Å². The van der Waals surface area contributed by atoms with E-state index in [0.29, 0.717) is 10.8 Å². The van der Waals surface area contributed by atoms with Crippen LogP contribution in [-0.2, 0) is 16.6 Å². The van der Waals surface area contributed by atoms with Gasteiger partial charge in [0.1, 0.15) is 0 Å². The van der Waals surface area contributed by atoms with Crippen molar-refractivity contribution in [1.82, 2.24) is 9.62 Å². The van der Waals surface area contributed by atoms with Crippen molar-refractivity contribution in [2.75, 3.05) is 14.1 Å². The van der Waals surface area contributed by atoms with Gasteiger partial charge in [0.2, 0.25) is 10.0 Å². The summed E-state index contributed by atoms with van der Waals surface area (Å²) >= 11 is 0. The van der Waals surface area contributed by atoms with E-state index in [1.54, 1.807) is 23.5 Å². The molecule has 5 heteroatoms. The summed E-state index contributed by atoms with van der Waals surface area (Å²) in [5.41, 5.74) is 1.09. The molecule has 1 aromatic carbocycles. The van der Waals surface area contributed by atoms with Gasteiger partial charge in [0.05, 0.1) is 4.90 Å². The molecule has 0 aliphatic heterocycles. The van der Waals surface area contributed by atoms with Crippen molar-refractivity contribution in [3.05, 3.63) is 29.8 Å². The van der Waals surface area contributed by atoms with Crippen LogP contribution in [0.5, 0.6) is 0 Å². The normalized spacial score (nSPS) is 23.4. The Morgan fingerprint density at radius 1 is 1.19 bits per heavy atom. The van der Waals surface area contributed by atoms with E-state index in [2.05, 4.69) is 12.2 Å². The van der Waals surface area contributed by atoms with Crippen LogP contribution in [0.25, 0.3) is 0 Å². The first kappa shape index (κ1) is 16.5. The quantitative estimate of drug-likeness (QED) is 0.909. The summed E-state index contributed by atoms with van der Waals surface area (Å²) in [4.78, 5) is 0.391. The second-order valence-electron chi connectivity index (χ2n) is 6.02. The molecule has 0 amide bonds. The lowest BCUT2D eigenvalue weighted by molar-refractivity contribution is 0.213. The third-order valence-electron chi connectivity index (χ3n) is 4.51. The highest BCUT2D eigenvalue weighted by Gasteiger charge is 2.32. The molecule has 21 heavy (non-hydrogen) atoms. The standard InChI is InChI=1S/C16H26N2O2S/c1-13-6-4-5-7-16(13)18(3)21(19,20)15-10-8-14(9-11-15)12-17-2/h8-11,13,16-17H,4-7,12H2,1-3H3. The number of sulfonamides is 1. The van der Waals surface area contributed by atoms with Gasteiger partial charge in [-0.3, -0.25) is 0 Å².